The maximum atomic E-state index is 11.1. The Hall–Kier alpha value is -0.650. The lowest BCUT2D eigenvalue weighted by molar-refractivity contribution is -0.144. The lowest BCUT2D eigenvalue weighted by Crippen LogP contribution is -2.50. The van der Waals surface area contributed by atoms with Gasteiger partial charge in [-0.3, -0.25) is 10.1 Å². The molecule has 0 aromatic heterocycles. The number of carboxylic acid groups (broad SMARTS) is 1. The zero-order valence-electron chi connectivity index (χ0n) is 11.1. The third-order valence-corrected chi connectivity index (χ3v) is 2.62. The van der Waals surface area contributed by atoms with Crippen LogP contribution in [0.5, 0.6) is 0 Å². The average molecular weight is 247 g/mol. The highest BCUT2D eigenvalue weighted by atomic mass is 16.5. The fourth-order valence-electron chi connectivity index (χ4n) is 1.58. The molecule has 0 aromatic carbocycles. The van der Waals surface area contributed by atoms with Gasteiger partial charge < -0.3 is 14.6 Å². The summed E-state index contributed by atoms with van der Waals surface area (Å²) in [5, 5.41) is 12.1. The summed E-state index contributed by atoms with van der Waals surface area (Å²) < 4.78 is 10.2. The molecule has 0 aliphatic heterocycles. The van der Waals surface area contributed by atoms with Crippen molar-refractivity contribution in [2.75, 3.05) is 33.5 Å². The van der Waals surface area contributed by atoms with Gasteiger partial charge in [0.05, 0.1) is 6.61 Å². The first-order valence-electron chi connectivity index (χ1n) is 6.12. The smallest absolute Gasteiger partial charge is 0.323 e. The molecule has 0 spiro atoms. The van der Waals surface area contributed by atoms with Crippen molar-refractivity contribution < 1.29 is 19.4 Å². The molecule has 0 rings (SSSR count). The van der Waals surface area contributed by atoms with E-state index in [0.29, 0.717) is 32.8 Å². The normalized spacial score (nSPS) is 14.5. The Kier molecular flexibility index (Phi) is 9.03. The molecule has 0 aromatic rings. The van der Waals surface area contributed by atoms with E-state index in [9.17, 15) is 4.79 Å². The van der Waals surface area contributed by atoms with E-state index >= 15 is 0 Å². The third-order valence-electron chi connectivity index (χ3n) is 2.62. The molecule has 5 nitrogen and oxygen atoms in total. The topological polar surface area (TPSA) is 67.8 Å². The summed E-state index contributed by atoms with van der Waals surface area (Å²) in [7, 11) is 1.66. The van der Waals surface area contributed by atoms with Crippen molar-refractivity contribution in [3.05, 3.63) is 0 Å². The largest absolute Gasteiger partial charge is 0.480 e. The standard InChI is InChI=1S/C12H25NO4/c1-4-6-12(2,11(14)15)13-7-10-17-9-5-8-16-3/h13H,4-10H2,1-3H3,(H,14,15). The molecular formula is C12H25NO4. The number of ether oxygens (including phenoxy) is 2. The van der Waals surface area contributed by atoms with Crippen LogP contribution in [-0.2, 0) is 14.3 Å². The number of aliphatic carboxylic acids is 1. The van der Waals surface area contributed by atoms with E-state index in [0.717, 1.165) is 12.8 Å². The Morgan fingerprint density at radius 1 is 1.35 bits per heavy atom. The molecule has 1 unspecified atom stereocenters. The molecule has 2 N–H and O–H groups in total. The van der Waals surface area contributed by atoms with Gasteiger partial charge >= 0.3 is 5.97 Å². The fourth-order valence-corrected chi connectivity index (χ4v) is 1.58. The van der Waals surface area contributed by atoms with Gasteiger partial charge in [-0.1, -0.05) is 13.3 Å². The van der Waals surface area contributed by atoms with Crippen molar-refractivity contribution >= 4 is 5.97 Å². The van der Waals surface area contributed by atoms with Gasteiger partial charge in [0, 0.05) is 26.9 Å². The number of hydrogen-bond donors (Lipinski definition) is 2. The maximum absolute atomic E-state index is 11.1. The van der Waals surface area contributed by atoms with Crippen LogP contribution >= 0.6 is 0 Å². The SMILES string of the molecule is CCCC(C)(NCCOCCCOC)C(=O)O. The summed E-state index contributed by atoms with van der Waals surface area (Å²) in [5.41, 5.74) is -0.843. The molecule has 5 heteroatoms. The van der Waals surface area contributed by atoms with Crippen LogP contribution in [0.4, 0.5) is 0 Å². The van der Waals surface area contributed by atoms with Gasteiger partial charge in [0.2, 0.25) is 0 Å². The van der Waals surface area contributed by atoms with Crippen LogP contribution in [0.2, 0.25) is 0 Å². The van der Waals surface area contributed by atoms with Gasteiger partial charge in [-0.2, -0.15) is 0 Å². The lowest BCUT2D eigenvalue weighted by Gasteiger charge is -2.25. The van der Waals surface area contributed by atoms with Gasteiger partial charge in [-0.25, -0.2) is 0 Å². The van der Waals surface area contributed by atoms with E-state index in [4.69, 9.17) is 14.6 Å². The Balaban J connectivity index is 3.65. The first-order chi connectivity index (χ1) is 8.06. The van der Waals surface area contributed by atoms with E-state index < -0.39 is 11.5 Å². The molecule has 0 aliphatic rings. The summed E-state index contributed by atoms with van der Waals surface area (Å²) in [6, 6.07) is 0. The van der Waals surface area contributed by atoms with E-state index in [1.54, 1.807) is 14.0 Å². The zero-order chi connectivity index (χ0) is 13.1. The molecule has 1 atom stereocenters. The predicted molar refractivity (Wildman–Crippen MR) is 66.3 cm³/mol. The molecule has 0 fully saturated rings. The molecule has 0 saturated carbocycles. The molecule has 102 valence electrons. The molecule has 0 saturated heterocycles. The molecule has 0 heterocycles. The predicted octanol–water partition coefficient (Wildman–Crippen LogP) is 1.27. The van der Waals surface area contributed by atoms with Crippen molar-refractivity contribution in [3.8, 4) is 0 Å². The molecule has 0 radical (unpaired) electrons. The van der Waals surface area contributed by atoms with Gasteiger partial charge in [-0.05, 0) is 19.8 Å². The highest BCUT2D eigenvalue weighted by molar-refractivity contribution is 5.78. The number of methoxy groups -OCH3 is 1. The van der Waals surface area contributed by atoms with Gasteiger partial charge in [-0.15, -0.1) is 0 Å². The summed E-state index contributed by atoms with van der Waals surface area (Å²) in [6.07, 6.45) is 2.32. The molecule has 0 bridgehead atoms. The van der Waals surface area contributed by atoms with Crippen molar-refractivity contribution in [2.45, 2.75) is 38.6 Å². The van der Waals surface area contributed by atoms with Gasteiger partial charge in [0.25, 0.3) is 0 Å². The van der Waals surface area contributed by atoms with Crippen LogP contribution in [0.1, 0.15) is 33.1 Å². The Morgan fingerprint density at radius 3 is 2.59 bits per heavy atom. The quantitative estimate of drug-likeness (QED) is 0.538. The van der Waals surface area contributed by atoms with E-state index in [1.807, 2.05) is 6.92 Å². The van der Waals surface area contributed by atoms with Crippen LogP contribution in [0.3, 0.4) is 0 Å². The molecule has 17 heavy (non-hydrogen) atoms. The van der Waals surface area contributed by atoms with Crippen molar-refractivity contribution in [3.63, 3.8) is 0 Å². The van der Waals surface area contributed by atoms with Crippen molar-refractivity contribution in [1.82, 2.24) is 5.32 Å². The highest BCUT2D eigenvalue weighted by Crippen LogP contribution is 2.11. The number of hydrogen-bond acceptors (Lipinski definition) is 4. The Labute approximate surface area is 103 Å². The first kappa shape index (κ1) is 16.4. The summed E-state index contributed by atoms with van der Waals surface area (Å²) in [4.78, 5) is 11.1. The van der Waals surface area contributed by atoms with Crippen LogP contribution in [0.25, 0.3) is 0 Å². The van der Waals surface area contributed by atoms with E-state index in [-0.39, 0.29) is 0 Å². The van der Waals surface area contributed by atoms with Gasteiger partial charge in [0.1, 0.15) is 5.54 Å². The summed E-state index contributed by atoms with van der Waals surface area (Å²) in [5.74, 6) is -0.807. The average Bonchev–Trinajstić information content (AvgIpc) is 2.28. The van der Waals surface area contributed by atoms with E-state index in [1.165, 1.54) is 0 Å². The first-order valence-corrected chi connectivity index (χ1v) is 6.12. The lowest BCUT2D eigenvalue weighted by atomic mass is 9.96. The third kappa shape index (κ3) is 7.31. The Morgan fingerprint density at radius 2 is 2.06 bits per heavy atom. The van der Waals surface area contributed by atoms with Crippen LogP contribution in [0, 0.1) is 0 Å². The second-order valence-corrected chi connectivity index (χ2v) is 4.27. The fraction of sp³-hybridized carbons (Fsp3) is 0.917. The second kappa shape index (κ2) is 9.39. The summed E-state index contributed by atoms with van der Waals surface area (Å²) in [6.45, 7) is 6.10. The minimum absolute atomic E-state index is 0.524. The summed E-state index contributed by atoms with van der Waals surface area (Å²) >= 11 is 0. The number of nitrogens with one attached hydrogen (secondary N) is 1. The monoisotopic (exact) mass is 247 g/mol. The van der Waals surface area contributed by atoms with Crippen molar-refractivity contribution in [2.24, 2.45) is 0 Å². The minimum atomic E-state index is -0.843. The number of rotatable bonds is 11. The molecule has 0 amide bonds. The molecule has 0 aliphatic carbocycles. The molecular weight excluding hydrogens is 222 g/mol. The minimum Gasteiger partial charge on any atom is -0.480 e. The second-order valence-electron chi connectivity index (χ2n) is 4.27. The Bertz CT molecular complexity index is 211. The zero-order valence-corrected chi connectivity index (χ0v) is 11.1. The highest BCUT2D eigenvalue weighted by Gasteiger charge is 2.30. The van der Waals surface area contributed by atoms with Gasteiger partial charge in [0.15, 0.2) is 0 Å². The van der Waals surface area contributed by atoms with E-state index in [2.05, 4.69) is 5.32 Å². The van der Waals surface area contributed by atoms with Crippen molar-refractivity contribution in [1.29, 1.82) is 0 Å². The number of carboxylic acids is 1. The maximum Gasteiger partial charge on any atom is 0.323 e. The number of carbonyl (C=O) groups is 1. The van der Waals surface area contributed by atoms with Crippen LogP contribution in [-0.4, -0.2) is 50.1 Å². The van der Waals surface area contributed by atoms with Crippen LogP contribution < -0.4 is 5.32 Å². The van der Waals surface area contributed by atoms with Crippen LogP contribution in [0.15, 0.2) is 0 Å².